The molecular weight excluding hydrogens is 210 g/mol. The van der Waals surface area contributed by atoms with Crippen LogP contribution in [0.15, 0.2) is 24.4 Å². The molecule has 4 heteroatoms. The van der Waals surface area contributed by atoms with Crippen LogP contribution in [0.25, 0.3) is 0 Å². The van der Waals surface area contributed by atoms with Crippen LogP contribution >= 0.6 is 12.4 Å². The average molecular weight is 228 g/mol. The van der Waals surface area contributed by atoms with E-state index in [-0.39, 0.29) is 12.4 Å². The van der Waals surface area contributed by atoms with Gasteiger partial charge in [-0.25, -0.2) is 4.98 Å². The van der Waals surface area contributed by atoms with Crippen LogP contribution in [-0.2, 0) is 0 Å². The normalized spacial score (nSPS) is 20.5. The van der Waals surface area contributed by atoms with Gasteiger partial charge in [-0.1, -0.05) is 6.07 Å². The molecule has 0 saturated carbocycles. The molecule has 1 aliphatic heterocycles. The van der Waals surface area contributed by atoms with E-state index in [1.807, 2.05) is 18.3 Å². The van der Waals surface area contributed by atoms with E-state index in [4.69, 9.17) is 0 Å². The highest BCUT2D eigenvalue weighted by Crippen LogP contribution is 2.15. The average Bonchev–Trinajstić information content (AvgIpc) is 2.30. The molecule has 1 aromatic rings. The summed E-state index contributed by atoms with van der Waals surface area (Å²) in [5.41, 5.74) is 0. The number of hydrogen-bond donors (Lipinski definition) is 1. The molecule has 1 saturated heterocycles. The number of nitrogens with zero attached hydrogens (tertiary/aromatic N) is 2. The van der Waals surface area contributed by atoms with E-state index in [0.29, 0.717) is 6.04 Å². The Bertz CT molecular complexity index is 272. The smallest absolute Gasteiger partial charge is 0.128 e. The predicted octanol–water partition coefficient (Wildman–Crippen LogP) is 1.69. The summed E-state index contributed by atoms with van der Waals surface area (Å²) in [7, 11) is 2.12. The van der Waals surface area contributed by atoms with Crippen LogP contribution in [0.5, 0.6) is 0 Å². The number of likely N-dealkylation sites (N-methyl/N-ethyl adjacent to an activating group) is 1. The van der Waals surface area contributed by atoms with E-state index < -0.39 is 0 Å². The number of rotatable bonds is 2. The van der Waals surface area contributed by atoms with Gasteiger partial charge in [-0.3, -0.25) is 0 Å². The van der Waals surface area contributed by atoms with Crippen molar-refractivity contribution in [2.75, 3.05) is 25.0 Å². The second kappa shape index (κ2) is 5.93. The summed E-state index contributed by atoms with van der Waals surface area (Å²) in [4.78, 5) is 6.62. The van der Waals surface area contributed by atoms with Crippen molar-refractivity contribution in [3.8, 4) is 0 Å². The van der Waals surface area contributed by atoms with Crippen LogP contribution < -0.4 is 10.2 Å². The zero-order valence-electron chi connectivity index (χ0n) is 9.02. The predicted molar refractivity (Wildman–Crippen MR) is 65.8 cm³/mol. The Balaban J connectivity index is 0.00000112. The molecule has 0 aliphatic carbocycles. The van der Waals surface area contributed by atoms with Crippen molar-refractivity contribution >= 4 is 18.2 Å². The maximum Gasteiger partial charge on any atom is 0.128 e. The van der Waals surface area contributed by atoms with Crippen LogP contribution in [0.2, 0.25) is 0 Å². The Morgan fingerprint density at radius 3 is 2.93 bits per heavy atom. The molecule has 0 amide bonds. The number of halogens is 1. The summed E-state index contributed by atoms with van der Waals surface area (Å²) in [5.74, 6) is 1.07. The van der Waals surface area contributed by atoms with Crippen molar-refractivity contribution in [2.45, 2.75) is 18.9 Å². The highest BCUT2D eigenvalue weighted by molar-refractivity contribution is 5.85. The first-order chi connectivity index (χ1) is 6.88. The van der Waals surface area contributed by atoms with Crippen molar-refractivity contribution in [2.24, 2.45) is 0 Å². The topological polar surface area (TPSA) is 28.2 Å². The van der Waals surface area contributed by atoms with E-state index in [1.54, 1.807) is 0 Å². The van der Waals surface area contributed by atoms with Crippen molar-refractivity contribution in [3.05, 3.63) is 24.4 Å². The number of pyridine rings is 1. The number of hydrogen-bond acceptors (Lipinski definition) is 3. The van der Waals surface area contributed by atoms with Crippen LogP contribution in [0.3, 0.4) is 0 Å². The molecule has 1 N–H and O–H groups in total. The molecule has 1 aromatic heterocycles. The van der Waals surface area contributed by atoms with Crippen molar-refractivity contribution in [1.29, 1.82) is 0 Å². The van der Waals surface area contributed by atoms with E-state index in [1.165, 1.54) is 12.8 Å². The fraction of sp³-hybridized carbons (Fsp3) is 0.545. The van der Waals surface area contributed by atoms with Crippen molar-refractivity contribution in [3.63, 3.8) is 0 Å². The first kappa shape index (κ1) is 12.3. The number of anilines is 1. The summed E-state index contributed by atoms with van der Waals surface area (Å²) >= 11 is 0. The fourth-order valence-electron chi connectivity index (χ4n) is 1.91. The van der Waals surface area contributed by atoms with Crippen LogP contribution in [0.1, 0.15) is 12.8 Å². The lowest BCUT2D eigenvalue weighted by atomic mass is 10.1. The minimum Gasteiger partial charge on any atom is -0.355 e. The lowest BCUT2D eigenvalue weighted by Crippen LogP contribution is -2.44. The molecule has 0 bridgehead atoms. The second-order valence-electron chi connectivity index (χ2n) is 3.80. The van der Waals surface area contributed by atoms with E-state index in [0.717, 1.165) is 18.9 Å². The van der Waals surface area contributed by atoms with E-state index in [2.05, 4.69) is 28.3 Å². The minimum atomic E-state index is 0. The Morgan fingerprint density at radius 2 is 2.33 bits per heavy atom. The Labute approximate surface area is 97.3 Å². The van der Waals surface area contributed by atoms with Gasteiger partial charge in [0.1, 0.15) is 5.82 Å². The van der Waals surface area contributed by atoms with Gasteiger partial charge in [-0.2, -0.15) is 0 Å². The van der Waals surface area contributed by atoms with E-state index >= 15 is 0 Å². The summed E-state index contributed by atoms with van der Waals surface area (Å²) in [6.07, 6.45) is 4.38. The van der Waals surface area contributed by atoms with Crippen molar-refractivity contribution in [1.82, 2.24) is 10.3 Å². The Hall–Kier alpha value is -0.800. The first-order valence-corrected chi connectivity index (χ1v) is 5.22. The SMILES string of the molecule is CN(c1ccccn1)[C@H]1CCCNC1.Cl. The van der Waals surface area contributed by atoms with E-state index in [9.17, 15) is 0 Å². The van der Waals surface area contributed by atoms with Gasteiger partial charge < -0.3 is 10.2 Å². The first-order valence-electron chi connectivity index (χ1n) is 5.22. The molecule has 1 atom stereocenters. The molecule has 84 valence electrons. The third-order valence-corrected chi connectivity index (χ3v) is 2.83. The van der Waals surface area contributed by atoms with Gasteiger partial charge >= 0.3 is 0 Å². The zero-order valence-corrected chi connectivity index (χ0v) is 9.83. The van der Waals surface area contributed by atoms with Gasteiger partial charge in [0.05, 0.1) is 0 Å². The molecule has 2 heterocycles. The fourth-order valence-corrected chi connectivity index (χ4v) is 1.91. The highest BCUT2D eigenvalue weighted by atomic mass is 35.5. The van der Waals surface area contributed by atoms with Gasteiger partial charge in [-0.05, 0) is 31.5 Å². The quantitative estimate of drug-likeness (QED) is 0.834. The second-order valence-corrected chi connectivity index (χ2v) is 3.80. The molecule has 15 heavy (non-hydrogen) atoms. The number of aromatic nitrogens is 1. The summed E-state index contributed by atoms with van der Waals surface area (Å²) < 4.78 is 0. The molecule has 3 nitrogen and oxygen atoms in total. The number of piperidine rings is 1. The summed E-state index contributed by atoms with van der Waals surface area (Å²) in [6.45, 7) is 2.24. The van der Waals surface area contributed by atoms with Crippen LogP contribution in [-0.4, -0.2) is 31.2 Å². The summed E-state index contributed by atoms with van der Waals surface area (Å²) in [6, 6.07) is 6.65. The van der Waals surface area contributed by atoms with Gasteiger partial charge in [0.25, 0.3) is 0 Å². The molecule has 0 unspecified atom stereocenters. The van der Waals surface area contributed by atoms with Crippen molar-refractivity contribution < 1.29 is 0 Å². The highest BCUT2D eigenvalue weighted by Gasteiger charge is 2.18. The monoisotopic (exact) mass is 227 g/mol. The zero-order chi connectivity index (χ0) is 9.80. The molecule has 1 fully saturated rings. The number of nitrogens with one attached hydrogen (secondary N) is 1. The lowest BCUT2D eigenvalue weighted by molar-refractivity contribution is 0.443. The molecular formula is C11H18ClN3. The Kier molecular flexibility index (Phi) is 4.85. The lowest BCUT2D eigenvalue weighted by Gasteiger charge is -2.32. The molecule has 1 aliphatic rings. The molecule has 0 radical (unpaired) electrons. The van der Waals surface area contributed by atoms with Crippen LogP contribution in [0, 0.1) is 0 Å². The van der Waals surface area contributed by atoms with Crippen LogP contribution in [0.4, 0.5) is 5.82 Å². The van der Waals surface area contributed by atoms with Gasteiger partial charge in [0.15, 0.2) is 0 Å². The third kappa shape index (κ3) is 3.08. The molecule has 0 aromatic carbocycles. The Morgan fingerprint density at radius 1 is 1.47 bits per heavy atom. The molecule has 2 rings (SSSR count). The standard InChI is InChI=1S/C11H17N3.ClH/c1-14(10-5-4-7-12-9-10)11-6-2-3-8-13-11;/h2-3,6,8,10,12H,4-5,7,9H2,1H3;1H/t10-;/m0./s1. The maximum absolute atomic E-state index is 4.35. The third-order valence-electron chi connectivity index (χ3n) is 2.83. The minimum absolute atomic E-state index is 0. The maximum atomic E-state index is 4.35. The largest absolute Gasteiger partial charge is 0.355 e. The molecule has 0 spiro atoms. The summed E-state index contributed by atoms with van der Waals surface area (Å²) in [5, 5.41) is 3.42. The van der Waals surface area contributed by atoms with Gasteiger partial charge in [0.2, 0.25) is 0 Å². The van der Waals surface area contributed by atoms with Gasteiger partial charge in [0, 0.05) is 25.8 Å². The van der Waals surface area contributed by atoms with Gasteiger partial charge in [-0.15, -0.1) is 12.4 Å².